The third kappa shape index (κ3) is 6.58. The fourth-order valence-corrected chi connectivity index (χ4v) is 2.24. The molecule has 2 atom stereocenters. The molecule has 28 heavy (non-hydrogen) atoms. The van der Waals surface area contributed by atoms with Crippen LogP contribution >= 0.6 is 0 Å². The first kappa shape index (κ1) is 18.8. The summed E-state index contributed by atoms with van der Waals surface area (Å²) in [5.41, 5.74) is 1.46. The summed E-state index contributed by atoms with van der Waals surface area (Å²) in [5.74, 6) is 1.43. The lowest BCUT2D eigenvalue weighted by molar-refractivity contribution is 0.00810. The Labute approximate surface area is 163 Å². The van der Waals surface area contributed by atoms with E-state index in [1.165, 1.54) is 0 Å². The second-order valence-electron chi connectivity index (χ2n) is 6.36. The molecule has 0 spiro atoms. The second-order valence-corrected chi connectivity index (χ2v) is 6.36. The number of hydrogen-bond donors (Lipinski definition) is 0. The van der Waals surface area contributed by atoms with Crippen LogP contribution in [0.4, 0.5) is 11.4 Å². The first-order chi connectivity index (χ1) is 13.8. The third-order valence-electron chi connectivity index (χ3n) is 3.98. The largest absolute Gasteiger partial charge is 0.468 e. The minimum atomic E-state index is 0.203. The summed E-state index contributed by atoms with van der Waals surface area (Å²) in [5, 5.41) is 8.44. The van der Waals surface area contributed by atoms with Crippen LogP contribution in [0.3, 0.4) is 0 Å². The Hall–Kier alpha value is -2.52. The van der Waals surface area contributed by atoms with Gasteiger partial charge < -0.3 is 28.4 Å². The van der Waals surface area contributed by atoms with E-state index in [0.29, 0.717) is 24.7 Å². The topological polar surface area (TPSA) is 86.7 Å². The number of rotatable bonds is 12. The zero-order chi connectivity index (χ0) is 19.0. The van der Waals surface area contributed by atoms with Crippen molar-refractivity contribution in [1.82, 2.24) is 0 Å². The van der Waals surface area contributed by atoms with E-state index in [-0.39, 0.29) is 25.8 Å². The van der Waals surface area contributed by atoms with E-state index in [1.54, 1.807) is 0 Å². The van der Waals surface area contributed by atoms with Gasteiger partial charge in [-0.2, -0.15) is 10.2 Å². The third-order valence-corrected chi connectivity index (χ3v) is 3.98. The molecule has 2 unspecified atom stereocenters. The van der Waals surface area contributed by atoms with E-state index in [4.69, 9.17) is 28.4 Å². The number of epoxide rings is 2. The SMILES string of the molecule is c1cc(OCOCC2CO2)ccc1N=Nc1ccc(OCOCC2CO2)cc1. The number of azo groups is 1. The van der Waals surface area contributed by atoms with Gasteiger partial charge in [0.1, 0.15) is 23.7 Å². The maximum Gasteiger partial charge on any atom is 0.189 e. The molecule has 2 fully saturated rings. The molecular formula is C20H22N2O6. The van der Waals surface area contributed by atoms with Crippen LogP contribution in [0.5, 0.6) is 11.5 Å². The molecule has 2 aromatic rings. The van der Waals surface area contributed by atoms with Gasteiger partial charge in [0.25, 0.3) is 0 Å². The fourth-order valence-electron chi connectivity index (χ4n) is 2.24. The smallest absolute Gasteiger partial charge is 0.189 e. The minimum Gasteiger partial charge on any atom is -0.468 e. The van der Waals surface area contributed by atoms with Gasteiger partial charge in [0.05, 0.1) is 37.8 Å². The first-order valence-electron chi connectivity index (χ1n) is 9.11. The van der Waals surface area contributed by atoms with Crippen LogP contribution in [-0.4, -0.2) is 52.2 Å². The molecule has 2 heterocycles. The van der Waals surface area contributed by atoms with Gasteiger partial charge in [0.2, 0.25) is 0 Å². The monoisotopic (exact) mass is 386 g/mol. The molecule has 0 aromatic heterocycles. The maximum atomic E-state index is 5.49. The highest BCUT2D eigenvalue weighted by Crippen LogP contribution is 2.23. The van der Waals surface area contributed by atoms with Crippen molar-refractivity contribution in [3.63, 3.8) is 0 Å². The Balaban J connectivity index is 1.18. The van der Waals surface area contributed by atoms with E-state index in [0.717, 1.165) is 24.6 Å². The van der Waals surface area contributed by atoms with Crippen molar-refractivity contribution in [3.8, 4) is 11.5 Å². The normalized spacial score (nSPS) is 20.3. The Bertz CT molecular complexity index is 692. The second kappa shape index (κ2) is 9.61. The molecule has 4 rings (SSSR count). The first-order valence-corrected chi connectivity index (χ1v) is 9.11. The summed E-state index contributed by atoms with van der Waals surface area (Å²) in [6.07, 6.45) is 0.477. The van der Waals surface area contributed by atoms with E-state index in [9.17, 15) is 0 Å². The Morgan fingerprint density at radius 1 is 0.679 bits per heavy atom. The molecule has 2 aliphatic rings. The lowest BCUT2D eigenvalue weighted by atomic mass is 10.3. The van der Waals surface area contributed by atoms with Gasteiger partial charge in [-0.15, -0.1) is 0 Å². The maximum absolute atomic E-state index is 5.49. The van der Waals surface area contributed by atoms with Crippen LogP contribution in [-0.2, 0) is 18.9 Å². The van der Waals surface area contributed by atoms with Crippen molar-refractivity contribution in [1.29, 1.82) is 0 Å². The zero-order valence-corrected chi connectivity index (χ0v) is 15.4. The minimum absolute atomic E-state index is 0.203. The van der Waals surface area contributed by atoms with Gasteiger partial charge in [0.15, 0.2) is 13.6 Å². The van der Waals surface area contributed by atoms with E-state index in [1.807, 2.05) is 48.5 Å². The van der Waals surface area contributed by atoms with Crippen LogP contribution in [0.25, 0.3) is 0 Å². The standard InChI is InChI=1S/C20H22N2O6/c1-5-17(27-13-23-9-19-11-25-19)6-2-15(1)21-22-16-3-7-18(8-4-16)28-14-24-10-20-12-26-20/h1-8,19-20H,9-14H2. The Kier molecular flexibility index (Phi) is 6.46. The van der Waals surface area contributed by atoms with Gasteiger partial charge >= 0.3 is 0 Å². The van der Waals surface area contributed by atoms with Crippen LogP contribution in [0, 0.1) is 0 Å². The molecule has 0 bridgehead atoms. The molecule has 0 radical (unpaired) electrons. The number of nitrogens with zero attached hydrogens (tertiary/aromatic N) is 2. The summed E-state index contributed by atoms with van der Waals surface area (Å²) in [6.45, 7) is 3.10. The Morgan fingerprint density at radius 2 is 1.07 bits per heavy atom. The molecule has 2 saturated heterocycles. The van der Waals surface area contributed by atoms with Crippen LogP contribution in [0.15, 0.2) is 58.8 Å². The molecule has 0 saturated carbocycles. The predicted octanol–water partition coefficient (Wildman–Crippen LogP) is 3.61. The molecule has 148 valence electrons. The number of benzene rings is 2. The summed E-state index contributed by atoms with van der Waals surface area (Å²) < 4.78 is 31.8. The average molecular weight is 386 g/mol. The van der Waals surface area contributed by atoms with Gasteiger partial charge in [-0.3, -0.25) is 0 Å². The van der Waals surface area contributed by atoms with Crippen molar-refractivity contribution in [3.05, 3.63) is 48.5 Å². The summed E-state index contributed by atoms with van der Waals surface area (Å²) >= 11 is 0. The number of hydrogen-bond acceptors (Lipinski definition) is 8. The summed E-state index contributed by atoms with van der Waals surface area (Å²) in [7, 11) is 0. The van der Waals surface area contributed by atoms with Crippen LogP contribution in [0.2, 0.25) is 0 Å². The van der Waals surface area contributed by atoms with Crippen molar-refractivity contribution in [2.24, 2.45) is 10.2 Å². The zero-order valence-electron chi connectivity index (χ0n) is 15.4. The fraction of sp³-hybridized carbons (Fsp3) is 0.400. The van der Waals surface area contributed by atoms with Gasteiger partial charge in [-0.25, -0.2) is 0 Å². The Morgan fingerprint density at radius 3 is 1.43 bits per heavy atom. The molecular weight excluding hydrogens is 364 g/mol. The molecule has 0 aliphatic carbocycles. The van der Waals surface area contributed by atoms with E-state index >= 15 is 0 Å². The van der Waals surface area contributed by atoms with Gasteiger partial charge in [-0.05, 0) is 48.5 Å². The molecule has 0 amide bonds. The van der Waals surface area contributed by atoms with Crippen LogP contribution in [0.1, 0.15) is 0 Å². The molecule has 2 aromatic carbocycles. The molecule has 2 aliphatic heterocycles. The lowest BCUT2D eigenvalue weighted by Crippen LogP contribution is -2.07. The summed E-state index contributed by atoms with van der Waals surface area (Å²) in [4.78, 5) is 0. The van der Waals surface area contributed by atoms with Crippen molar-refractivity contribution >= 4 is 11.4 Å². The van der Waals surface area contributed by atoms with Gasteiger partial charge in [0, 0.05) is 0 Å². The summed E-state index contributed by atoms with van der Waals surface area (Å²) in [6, 6.07) is 14.7. The van der Waals surface area contributed by atoms with Crippen LogP contribution < -0.4 is 9.47 Å². The van der Waals surface area contributed by atoms with E-state index < -0.39 is 0 Å². The highest BCUT2D eigenvalue weighted by atomic mass is 16.7. The lowest BCUT2D eigenvalue weighted by Gasteiger charge is -2.06. The predicted molar refractivity (Wildman–Crippen MR) is 99.4 cm³/mol. The highest BCUT2D eigenvalue weighted by molar-refractivity contribution is 5.44. The van der Waals surface area contributed by atoms with Crippen molar-refractivity contribution in [2.75, 3.05) is 40.0 Å². The van der Waals surface area contributed by atoms with E-state index in [2.05, 4.69) is 10.2 Å². The molecule has 8 heteroatoms. The van der Waals surface area contributed by atoms with Crippen molar-refractivity contribution in [2.45, 2.75) is 12.2 Å². The van der Waals surface area contributed by atoms with Crippen molar-refractivity contribution < 1.29 is 28.4 Å². The van der Waals surface area contributed by atoms with Gasteiger partial charge in [-0.1, -0.05) is 0 Å². The quantitative estimate of drug-likeness (QED) is 0.240. The average Bonchev–Trinajstić information content (AvgIpc) is 3.64. The number of ether oxygens (including phenoxy) is 6. The molecule has 0 N–H and O–H groups in total. The molecule has 8 nitrogen and oxygen atoms in total. The highest BCUT2D eigenvalue weighted by Gasteiger charge is 2.22.